The molecule has 0 amide bonds. The van der Waals surface area contributed by atoms with Crippen molar-refractivity contribution in [3.63, 3.8) is 0 Å². The molecule has 8 heteroatoms. The average Bonchev–Trinajstić information content (AvgIpc) is 2.96. The van der Waals surface area contributed by atoms with Crippen LogP contribution in [0.15, 0.2) is 84.9 Å². The standard InChI is InChI=1S/C29H30N2O5S/c1-34-27(33)18-26(32)21-12-14-24(15-13-21)36-20-25-19-31(16-17-35-25)29(37)30-28(22-8-4-2-5-9-22)23-10-6-3-7-11-23/h2-15,25,28H,16-20H2,1H3,(H,30,37). The molecule has 1 saturated heterocycles. The number of methoxy groups -OCH3 is 1. The number of esters is 1. The van der Waals surface area contributed by atoms with Crippen molar-refractivity contribution >= 4 is 29.1 Å². The Kier molecular flexibility index (Phi) is 9.24. The molecule has 37 heavy (non-hydrogen) atoms. The van der Waals surface area contributed by atoms with E-state index in [0.717, 1.165) is 11.1 Å². The Bertz CT molecular complexity index is 1150. The normalized spacial score (nSPS) is 15.2. The number of hydrogen-bond acceptors (Lipinski definition) is 6. The maximum Gasteiger partial charge on any atom is 0.313 e. The molecule has 1 unspecified atom stereocenters. The average molecular weight is 519 g/mol. The first-order valence-electron chi connectivity index (χ1n) is 12.1. The molecule has 0 aromatic heterocycles. The van der Waals surface area contributed by atoms with Crippen molar-refractivity contribution in [1.82, 2.24) is 10.2 Å². The molecule has 1 atom stereocenters. The fraction of sp³-hybridized carbons (Fsp3) is 0.276. The van der Waals surface area contributed by atoms with Gasteiger partial charge in [0.1, 0.15) is 24.9 Å². The SMILES string of the molecule is COC(=O)CC(=O)c1ccc(OCC2CN(C(=S)NC(c3ccccc3)c3ccccc3)CCO2)cc1. The number of nitrogens with zero attached hydrogens (tertiary/aromatic N) is 1. The summed E-state index contributed by atoms with van der Waals surface area (Å²) in [6.07, 6.45) is -0.452. The van der Waals surface area contributed by atoms with Gasteiger partial charge in [0.15, 0.2) is 10.9 Å². The van der Waals surface area contributed by atoms with Crippen molar-refractivity contribution in [3.05, 3.63) is 102 Å². The number of hydrogen-bond donors (Lipinski definition) is 1. The van der Waals surface area contributed by atoms with Gasteiger partial charge in [-0.15, -0.1) is 0 Å². The van der Waals surface area contributed by atoms with E-state index in [1.165, 1.54) is 7.11 Å². The molecule has 0 bridgehead atoms. The van der Waals surface area contributed by atoms with E-state index in [2.05, 4.69) is 39.2 Å². The molecule has 7 nitrogen and oxygen atoms in total. The lowest BCUT2D eigenvalue weighted by Crippen LogP contribution is -2.51. The maximum atomic E-state index is 12.1. The van der Waals surface area contributed by atoms with Crippen LogP contribution >= 0.6 is 12.2 Å². The van der Waals surface area contributed by atoms with Crippen LogP contribution in [0.1, 0.15) is 33.9 Å². The van der Waals surface area contributed by atoms with Crippen LogP contribution in [0.2, 0.25) is 0 Å². The zero-order chi connectivity index (χ0) is 26.0. The number of nitrogens with one attached hydrogen (secondary N) is 1. The molecule has 192 valence electrons. The summed E-state index contributed by atoms with van der Waals surface area (Å²) < 4.78 is 16.4. The van der Waals surface area contributed by atoms with Gasteiger partial charge in [-0.3, -0.25) is 9.59 Å². The van der Waals surface area contributed by atoms with Gasteiger partial charge in [-0.05, 0) is 47.6 Å². The van der Waals surface area contributed by atoms with Crippen LogP contribution in [0.5, 0.6) is 5.75 Å². The lowest BCUT2D eigenvalue weighted by Gasteiger charge is -2.36. The number of rotatable bonds is 9. The number of Topliss-reactive ketones (excluding diaryl/α,β-unsaturated/α-hetero) is 1. The summed E-state index contributed by atoms with van der Waals surface area (Å²) in [6.45, 7) is 2.17. The highest BCUT2D eigenvalue weighted by molar-refractivity contribution is 7.80. The Hall–Kier alpha value is -3.75. The molecule has 1 heterocycles. The Morgan fingerprint density at radius 2 is 1.62 bits per heavy atom. The topological polar surface area (TPSA) is 77.1 Å². The van der Waals surface area contributed by atoms with E-state index in [4.69, 9.17) is 21.7 Å². The minimum Gasteiger partial charge on any atom is -0.491 e. The van der Waals surface area contributed by atoms with Gasteiger partial charge in [-0.1, -0.05) is 60.7 Å². The number of morpholine rings is 1. The van der Waals surface area contributed by atoms with Crippen LogP contribution in [0.25, 0.3) is 0 Å². The number of thiocarbonyl (C=S) groups is 1. The molecule has 3 aromatic carbocycles. The molecule has 1 N–H and O–H groups in total. The van der Waals surface area contributed by atoms with Gasteiger partial charge >= 0.3 is 5.97 Å². The molecule has 0 spiro atoms. The van der Waals surface area contributed by atoms with Crippen molar-refractivity contribution in [2.24, 2.45) is 0 Å². The van der Waals surface area contributed by atoms with E-state index >= 15 is 0 Å². The van der Waals surface area contributed by atoms with E-state index < -0.39 is 5.97 Å². The zero-order valence-corrected chi connectivity index (χ0v) is 21.5. The number of ketones is 1. The molecule has 4 rings (SSSR count). The second-order valence-corrected chi connectivity index (χ2v) is 9.04. The highest BCUT2D eigenvalue weighted by atomic mass is 32.1. The van der Waals surface area contributed by atoms with Gasteiger partial charge < -0.3 is 24.4 Å². The van der Waals surface area contributed by atoms with Crippen molar-refractivity contribution in [2.45, 2.75) is 18.6 Å². The van der Waals surface area contributed by atoms with E-state index in [1.54, 1.807) is 24.3 Å². The smallest absolute Gasteiger partial charge is 0.313 e. The van der Waals surface area contributed by atoms with Gasteiger partial charge in [0.05, 0.1) is 19.8 Å². The zero-order valence-electron chi connectivity index (χ0n) is 20.7. The summed E-state index contributed by atoms with van der Waals surface area (Å²) >= 11 is 5.81. The summed E-state index contributed by atoms with van der Waals surface area (Å²) in [5.74, 6) is -0.241. The highest BCUT2D eigenvalue weighted by Gasteiger charge is 2.25. The van der Waals surface area contributed by atoms with Crippen LogP contribution in [-0.4, -0.2) is 61.3 Å². The maximum absolute atomic E-state index is 12.1. The van der Waals surface area contributed by atoms with Gasteiger partial charge in [0, 0.05) is 18.7 Å². The molecule has 1 aliphatic rings. The van der Waals surface area contributed by atoms with E-state index in [-0.39, 0.29) is 24.3 Å². The molecule has 0 saturated carbocycles. The minimum absolute atomic E-state index is 0.0622. The van der Waals surface area contributed by atoms with Crippen molar-refractivity contribution in [3.8, 4) is 5.75 Å². The third kappa shape index (κ3) is 7.38. The molecule has 1 fully saturated rings. The highest BCUT2D eigenvalue weighted by Crippen LogP contribution is 2.23. The summed E-state index contributed by atoms with van der Waals surface area (Å²) in [5, 5.41) is 4.21. The number of ether oxygens (including phenoxy) is 3. The van der Waals surface area contributed by atoms with Gasteiger partial charge in [-0.25, -0.2) is 0 Å². The van der Waals surface area contributed by atoms with E-state index in [1.807, 2.05) is 36.4 Å². The van der Waals surface area contributed by atoms with Gasteiger partial charge in [-0.2, -0.15) is 0 Å². The van der Waals surface area contributed by atoms with Crippen LogP contribution in [0.4, 0.5) is 0 Å². The third-order valence-electron chi connectivity index (χ3n) is 6.10. The molecular formula is C29H30N2O5S. The fourth-order valence-electron chi connectivity index (χ4n) is 4.10. The molecule has 0 aliphatic carbocycles. The fourth-order valence-corrected chi connectivity index (χ4v) is 4.38. The Labute approximate surface area is 222 Å². The molecule has 0 radical (unpaired) electrons. The Morgan fingerprint density at radius 1 is 1.00 bits per heavy atom. The van der Waals surface area contributed by atoms with Gasteiger partial charge in [0.25, 0.3) is 0 Å². The van der Waals surface area contributed by atoms with Crippen LogP contribution in [0.3, 0.4) is 0 Å². The minimum atomic E-state index is -0.560. The van der Waals surface area contributed by atoms with Crippen LogP contribution in [-0.2, 0) is 14.3 Å². The van der Waals surface area contributed by atoms with E-state index in [9.17, 15) is 9.59 Å². The second kappa shape index (κ2) is 13.0. The number of carbonyl (C=O) groups excluding carboxylic acids is 2. The first-order valence-corrected chi connectivity index (χ1v) is 12.5. The largest absolute Gasteiger partial charge is 0.491 e. The summed E-state index contributed by atoms with van der Waals surface area (Å²) in [4.78, 5) is 25.5. The molecular weight excluding hydrogens is 488 g/mol. The molecule has 1 aliphatic heterocycles. The third-order valence-corrected chi connectivity index (χ3v) is 6.48. The number of benzene rings is 3. The second-order valence-electron chi connectivity index (χ2n) is 8.65. The predicted molar refractivity (Wildman–Crippen MR) is 145 cm³/mol. The lowest BCUT2D eigenvalue weighted by molar-refractivity contribution is -0.139. The van der Waals surface area contributed by atoms with Crippen molar-refractivity contribution in [2.75, 3.05) is 33.4 Å². The first kappa shape index (κ1) is 26.3. The van der Waals surface area contributed by atoms with E-state index in [0.29, 0.717) is 42.7 Å². The quantitative estimate of drug-likeness (QED) is 0.196. The van der Waals surface area contributed by atoms with Crippen LogP contribution in [0, 0.1) is 0 Å². The van der Waals surface area contributed by atoms with Crippen molar-refractivity contribution in [1.29, 1.82) is 0 Å². The Morgan fingerprint density at radius 3 is 2.22 bits per heavy atom. The Balaban J connectivity index is 1.33. The van der Waals surface area contributed by atoms with Crippen LogP contribution < -0.4 is 10.1 Å². The number of carbonyl (C=O) groups is 2. The first-order chi connectivity index (χ1) is 18.0. The summed E-state index contributed by atoms with van der Waals surface area (Å²) in [7, 11) is 1.26. The van der Waals surface area contributed by atoms with Gasteiger partial charge in [0.2, 0.25) is 0 Å². The summed E-state index contributed by atoms with van der Waals surface area (Å²) in [5.41, 5.74) is 2.70. The predicted octanol–water partition coefficient (Wildman–Crippen LogP) is 4.18. The molecule has 3 aromatic rings. The lowest BCUT2D eigenvalue weighted by atomic mass is 9.99. The summed E-state index contributed by atoms with van der Waals surface area (Å²) in [6, 6.07) is 27.1. The monoisotopic (exact) mass is 518 g/mol. The van der Waals surface area contributed by atoms with Crippen molar-refractivity contribution < 1.29 is 23.8 Å².